The lowest BCUT2D eigenvalue weighted by atomic mass is 10.1. The van der Waals surface area contributed by atoms with Crippen molar-refractivity contribution in [2.75, 3.05) is 7.05 Å². The Morgan fingerprint density at radius 1 is 1.21 bits per heavy atom. The number of rotatable bonds is 4. The third-order valence-electron chi connectivity index (χ3n) is 2.59. The number of nitrogens with one attached hydrogen (secondary N) is 1. The van der Waals surface area contributed by atoms with Crippen LogP contribution in [0.3, 0.4) is 0 Å². The number of hydrogen-bond acceptors (Lipinski definition) is 3. The van der Waals surface area contributed by atoms with Gasteiger partial charge in [0.25, 0.3) is 0 Å². The highest BCUT2D eigenvalue weighted by atomic mass is 32.1. The molecule has 0 aliphatic rings. The smallest absolute Gasteiger partial charge is 0.315 e. The molecule has 0 atom stereocenters. The first-order chi connectivity index (χ1) is 8.99. The molecule has 1 heterocycles. The van der Waals surface area contributed by atoms with Crippen molar-refractivity contribution in [3.8, 4) is 0 Å². The Hall–Kier alpha value is -1.40. The second-order valence-corrected chi connectivity index (χ2v) is 5.32. The molecule has 1 N–H and O–H groups in total. The van der Waals surface area contributed by atoms with Crippen molar-refractivity contribution in [3.63, 3.8) is 0 Å². The summed E-state index contributed by atoms with van der Waals surface area (Å²) in [6.45, 7) is 0.755. The van der Waals surface area contributed by atoms with Crippen molar-refractivity contribution < 1.29 is 13.2 Å². The first kappa shape index (κ1) is 14.0. The van der Waals surface area contributed by atoms with Gasteiger partial charge < -0.3 is 5.32 Å². The van der Waals surface area contributed by atoms with E-state index in [1.54, 1.807) is 17.5 Å². The number of alkyl halides is 3. The summed E-state index contributed by atoms with van der Waals surface area (Å²) in [6.07, 6.45) is -1.92. The van der Waals surface area contributed by atoms with Gasteiger partial charge in [0, 0.05) is 24.0 Å². The summed E-state index contributed by atoms with van der Waals surface area (Å²) in [4.78, 5) is 5.37. The van der Waals surface area contributed by atoms with Crippen LogP contribution in [0, 0.1) is 0 Å². The van der Waals surface area contributed by atoms with Gasteiger partial charge in [0.1, 0.15) is 0 Å². The Kier molecular flexibility index (Phi) is 4.21. The van der Waals surface area contributed by atoms with Crippen molar-refractivity contribution in [3.05, 3.63) is 51.5 Å². The van der Waals surface area contributed by atoms with Crippen molar-refractivity contribution in [1.29, 1.82) is 0 Å². The van der Waals surface area contributed by atoms with E-state index in [4.69, 9.17) is 0 Å². The zero-order valence-corrected chi connectivity index (χ0v) is 11.1. The zero-order valence-electron chi connectivity index (χ0n) is 10.3. The van der Waals surface area contributed by atoms with Crippen LogP contribution in [0.4, 0.5) is 13.2 Å². The summed E-state index contributed by atoms with van der Waals surface area (Å²) in [5.74, 6) is 0. The van der Waals surface area contributed by atoms with Gasteiger partial charge >= 0.3 is 6.18 Å². The number of benzene rings is 1. The fourth-order valence-electron chi connectivity index (χ4n) is 1.67. The van der Waals surface area contributed by atoms with Crippen molar-refractivity contribution in [2.24, 2.45) is 0 Å². The Balaban J connectivity index is 2.06. The summed E-state index contributed by atoms with van der Waals surface area (Å²) in [5, 5.41) is 3.94. The number of nitrogens with zero attached hydrogens (tertiary/aromatic N) is 1. The molecular weight excluding hydrogens is 273 g/mol. The predicted molar refractivity (Wildman–Crippen MR) is 69.1 cm³/mol. The summed E-state index contributed by atoms with van der Waals surface area (Å²) in [7, 11) is 1.86. The normalized spacial score (nSPS) is 11.8. The number of hydrogen-bond donors (Lipinski definition) is 1. The minimum absolute atomic E-state index is 0.562. The first-order valence-corrected chi connectivity index (χ1v) is 6.55. The van der Waals surface area contributed by atoms with Crippen LogP contribution in [-0.4, -0.2) is 12.0 Å². The molecule has 0 saturated heterocycles. The SMILES string of the molecule is CNCc1cnc(Cc2ccc(C(F)(F)F)cc2)s1. The number of aromatic nitrogens is 1. The molecule has 2 nitrogen and oxygen atoms in total. The standard InChI is InChI=1S/C13H13F3N2S/c1-17-7-11-8-18-12(19-11)6-9-2-4-10(5-3-9)13(14,15)16/h2-5,8,17H,6-7H2,1H3. The highest BCUT2D eigenvalue weighted by Crippen LogP contribution is 2.29. The maximum absolute atomic E-state index is 12.4. The Morgan fingerprint density at radius 3 is 2.47 bits per heavy atom. The van der Waals surface area contributed by atoms with Crippen LogP contribution in [-0.2, 0) is 19.1 Å². The Morgan fingerprint density at radius 2 is 1.89 bits per heavy atom. The Bertz CT molecular complexity index is 532. The van der Waals surface area contributed by atoms with Crippen LogP contribution < -0.4 is 5.32 Å². The fraction of sp³-hybridized carbons (Fsp3) is 0.308. The molecule has 0 aliphatic carbocycles. The van der Waals surface area contributed by atoms with E-state index >= 15 is 0 Å². The highest BCUT2D eigenvalue weighted by molar-refractivity contribution is 7.11. The topological polar surface area (TPSA) is 24.9 Å². The maximum Gasteiger partial charge on any atom is 0.416 e. The van der Waals surface area contributed by atoms with E-state index in [2.05, 4.69) is 10.3 Å². The molecular formula is C13H13F3N2S. The molecule has 2 aromatic rings. The molecule has 0 radical (unpaired) electrons. The van der Waals surface area contributed by atoms with Crippen molar-refractivity contribution in [2.45, 2.75) is 19.1 Å². The molecule has 0 saturated carbocycles. The lowest BCUT2D eigenvalue weighted by Gasteiger charge is -2.06. The summed E-state index contributed by atoms with van der Waals surface area (Å²) in [6, 6.07) is 5.22. The van der Waals surface area contributed by atoms with Crippen LogP contribution in [0.2, 0.25) is 0 Å². The summed E-state index contributed by atoms with van der Waals surface area (Å²) >= 11 is 1.57. The molecule has 0 unspecified atom stereocenters. The first-order valence-electron chi connectivity index (χ1n) is 5.73. The van der Waals surface area contributed by atoms with Crippen LogP contribution >= 0.6 is 11.3 Å². The van der Waals surface area contributed by atoms with Crippen LogP contribution in [0.25, 0.3) is 0 Å². The van der Waals surface area contributed by atoms with Gasteiger partial charge in [0.05, 0.1) is 10.6 Å². The average Bonchev–Trinajstić information content (AvgIpc) is 2.77. The molecule has 1 aromatic carbocycles. The van der Waals surface area contributed by atoms with Gasteiger partial charge in [-0.1, -0.05) is 12.1 Å². The fourth-order valence-corrected chi connectivity index (χ4v) is 2.64. The molecule has 0 fully saturated rings. The van der Waals surface area contributed by atoms with E-state index in [1.165, 1.54) is 12.1 Å². The largest absolute Gasteiger partial charge is 0.416 e. The van der Waals surface area contributed by atoms with E-state index in [0.29, 0.717) is 6.42 Å². The molecule has 6 heteroatoms. The second kappa shape index (κ2) is 5.71. The van der Waals surface area contributed by atoms with Gasteiger partial charge in [0.2, 0.25) is 0 Å². The van der Waals surface area contributed by atoms with E-state index in [-0.39, 0.29) is 0 Å². The van der Waals surface area contributed by atoms with Crippen LogP contribution in [0.5, 0.6) is 0 Å². The average molecular weight is 286 g/mol. The highest BCUT2D eigenvalue weighted by Gasteiger charge is 2.29. The van der Waals surface area contributed by atoms with Gasteiger partial charge in [-0.15, -0.1) is 11.3 Å². The molecule has 102 valence electrons. The lowest BCUT2D eigenvalue weighted by Crippen LogP contribution is -2.04. The number of thiazole rings is 1. The molecule has 19 heavy (non-hydrogen) atoms. The summed E-state index contributed by atoms with van der Waals surface area (Å²) in [5.41, 5.74) is 0.213. The second-order valence-electron chi connectivity index (χ2n) is 4.12. The Labute approximate surface area is 113 Å². The zero-order chi connectivity index (χ0) is 13.9. The minimum atomic E-state index is -4.28. The third kappa shape index (κ3) is 3.78. The van der Waals surface area contributed by atoms with E-state index in [1.807, 2.05) is 7.05 Å². The third-order valence-corrected chi connectivity index (χ3v) is 3.59. The van der Waals surface area contributed by atoms with Crippen LogP contribution in [0.15, 0.2) is 30.5 Å². The lowest BCUT2D eigenvalue weighted by molar-refractivity contribution is -0.137. The molecule has 2 rings (SSSR count). The van der Waals surface area contributed by atoms with Gasteiger partial charge in [-0.3, -0.25) is 0 Å². The van der Waals surface area contributed by atoms with Gasteiger partial charge in [-0.05, 0) is 24.7 Å². The molecule has 0 amide bonds. The van der Waals surface area contributed by atoms with Crippen molar-refractivity contribution in [1.82, 2.24) is 10.3 Å². The predicted octanol–water partition coefficient (Wildman–Crippen LogP) is 3.47. The maximum atomic E-state index is 12.4. The number of halogens is 3. The van der Waals surface area contributed by atoms with Crippen molar-refractivity contribution >= 4 is 11.3 Å². The molecule has 0 bridgehead atoms. The van der Waals surface area contributed by atoms with E-state index in [9.17, 15) is 13.2 Å². The quantitative estimate of drug-likeness (QED) is 0.931. The molecule has 0 spiro atoms. The van der Waals surface area contributed by atoms with E-state index in [0.717, 1.165) is 34.1 Å². The van der Waals surface area contributed by atoms with Gasteiger partial charge in [0.15, 0.2) is 0 Å². The molecule has 1 aromatic heterocycles. The van der Waals surface area contributed by atoms with E-state index < -0.39 is 11.7 Å². The van der Waals surface area contributed by atoms with Crippen LogP contribution in [0.1, 0.15) is 21.0 Å². The van der Waals surface area contributed by atoms with Gasteiger partial charge in [-0.25, -0.2) is 4.98 Å². The molecule has 0 aliphatic heterocycles. The minimum Gasteiger partial charge on any atom is -0.315 e. The summed E-state index contributed by atoms with van der Waals surface area (Å²) < 4.78 is 37.3. The van der Waals surface area contributed by atoms with Gasteiger partial charge in [-0.2, -0.15) is 13.2 Å². The monoisotopic (exact) mass is 286 g/mol.